The van der Waals surface area contributed by atoms with Gasteiger partial charge in [-0.05, 0) is 18.6 Å². The number of hydrogen-bond acceptors (Lipinski definition) is 7. The molecular formula is C18H22N6O2. The highest BCUT2D eigenvalue weighted by molar-refractivity contribution is 5.56. The minimum absolute atomic E-state index is 0.0564. The van der Waals surface area contributed by atoms with Gasteiger partial charge < -0.3 is 19.8 Å². The molecule has 1 aliphatic rings. The zero-order chi connectivity index (χ0) is 17.8. The maximum Gasteiger partial charge on any atom is 0.197 e. The molecule has 3 aromatic rings. The fraction of sp³-hybridized carbons (Fsp3) is 0.389. The number of imidazole rings is 1. The number of aromatic nitrogens is 4. The summed E-state index contributed by atoms with van der Waals surface area (Å²) < 4.78 is 5.47. The van der Waals surface area contributed by atoms with Gasteiger partial charge in [0.05, 0.1) is 24.9 Å². The number of furan rings is 1. The third-order valence-electron chi connectivity index (χ3n) is 4.53. The second-order valence-electron chi connectivity index (χ2n) is 6.30. The smallest absolute Gasteiger partial charge is 0.197 e. The number of H-pyrrole nitrogens is 1. The molecule has 136 valence electrons. The van der Waals surface area contributed by atoms with E-state index in [1.165, 1.54) is 0 Å². The lowest BCUT2D eigenvalue weighted by Crippen LogP contribution is -2.26. The van der Waals surface area contributed by atoms with Gasteiger partial charge in [0.1, 0.15) is 5.82 Å². The number of nitrogens with one attached hydrogen (secondary N) is 2. The highest BCUT2D eigenvalue weighted by Crippen LogP contribution is 2.26. The SMILES string of the molecule is OCCNc1nc(-c2ccco2)nc2c1CCN(Cc1cnc[nH]1)CC2. The highest BCUT2D eigenvalue weighted by atomic mass is 16.3. The first-order valence-corrected chi connectivity index (χ1v) is 8.81. The van der Waals surface area contributed by atoms with Crippen molar-refractivity contribution in [3.8, 4) is 11.6 Å². The number of aliphatic hydroxyl groups is 1. The lowest BCUT2D eigenvalue weighted by Gasteiger charge is -2.18. The van der Waals surface area contributed by atoms with Crippen molar-refractivity contribution in [3.63, 3.8) is 0 Å². The third-order valence-corrected chi connectivity index (χ3v) is 4.53. The Labute approximate surface area is 151 Å². The Hall–Kier alpha value is -2.71. The molecule has 0 saturated carbocycles. The van der Waals surface area contributed by atoms with Crippen molar-refractivity contribution in [2.45, 2.75) is 19.4 Å². The van der Waals surface area contributed by atoms with Crippen LogP contribution in [0, 0.1) is 0 Å². The summed E-state index contributed by atoms with van der Waals surface area (Å²) in [6.07, 6.45) is 6.89. The largest absolute Gasteiger partial charge is 0.461 e. The van der Waals surface area contributed by atoms with Crippen LogP contribution in [0.5, 0.6) is 0 Å². The van der Waals surface area contributed by atoms with Gasteiger partial charge in [-0.25, -0.2) is 15.0 Å². The molecule has 8 heteroatoms. The van der Waals surface area contributed by atoms with E-state index in [1.807, 2.05) is 18.3 Å². The van der Waals surface area contributed by atoms with Crippen molar-refractivity contribution >= 4 is 5.82 Å². The number of aliphatic hydroxyl groups excluding tert-OH is 1. The zero-order valence-electron chi connectivity index (χ0n) is 14.5. The van der Waals surface area contributed by atoms with E-state index in [1.54, 1.807) is 12.6 Å². The standard InChI is InChI=1S/C18H22N6O2/c25-8-5-20-17-14-3-6-24(11-13-10-19-12-21-13)7-4-15(14)22-18(23-17)16-2-1-9-26-16/h1-2,9-10,12,25H,3-8,11H2,(H,19,21)(H,20,22,23). The number of aromatic amines is 1. The summed E-state index contributed by atoms with van der Waals surface area (Å²) in [5.41, 5.74) is 3.27. The van der Waals surface area contributed by atoms with Crippen LogP contribution in [0.25, 0.3) is 11.6 Å². The fourth-order valence-corrected chi connectivity index (χ4v) is 3.25. The summed E-state index contributed by atoms with van der Waals surface area (Å²) in [7, 11) is 0. The molecule has 0 atom stereocenters. The van der Waals surface area contributed by atoms with Crippen molar-refractivity contribution in [1.29, 1.82) is 0 Å². The lowest BCUT2D eigenvalue weighted by molar-refractivity contribution is 0.276. The Kier molecular flexibility index (Phi) is 4.94. The number of fused-ring (bicyclic) bond motifs is 1. The Balaban J connectivity index is 1.60. The first-order chi connectivity index (χ1) is 12.8. The molecule has 0 saturated heterocycles. The first kappa shape index (κ1) is 16.7. The summed E-state index contributed by atoms with van der Waals surface area (Å²) in [6.45, 7) is 3.19. The van der Waals surface area contributed by atoms with Crippen LogP contribution in [-0.2, 0) is 19.4 Å². The van der Waals surface area contributed by atoms with E-state index in [9.17, 15) is 5.11 Å². The van der Waals surface area contributed by atoms with E-state index in [-0.39, 0.29) is 6.61 Å². The minimum Gasteiger partial charge on any atom is -0.461 e. The molecule has 4 rings (SSSR count). The van der Waals surface area contributed by atoms with Gasteiger partial charge in [-0.15, -0.1) is 0 Å². The number of anilines is 1. The zero-order valence-corrected chi connectivity index (χ0v) is 14.5. The first-order valence-electron chi connectivity index (χ1n) is 8.81. The van der Waals surface area contributed by atoms with Gasteiger partial charge in [-0.1, -0.05) is 0 Å². The summed E-state index contributed by atoms with van der Waals surface area (Å²) in [5.74, 6) is 2.02. The van der Waals surface area contributed by atoms with Gasteiger partial charge in [0.15, 0.2) is 11.6 Å². The Morgan fingerprint density at radius 1 is 1.27 bits per heavy atom. The molecule has 8 nitrogen and oxygen atoms in total. The highest BCUT2D eigenvalue weighted by Gasteiger charge is 2.21. The van der Waals surface area contributed by atoms with E-state index in [0.29, 0.717) is 18.1 Å². The van der Waals surface area contributed by atoms with E-state index < -0.39 is 0 Å². The van der Waals surface area contributed by atoms with E-state index >= 15 is 0 Å². The second kappa shape index (κ2) is 7.67. The Morgan fingerprint density at radius 3 is 2.96 bits per heavy atom. The molecule has 0 spiro atoms. The minimum atomic E-state index is 0.0564. The van der Waals surface area contributed by atoms with Gasteiger partial charge in [0, 0.05) is 50.1 Å². The van der Waals surface area contributed by atoms with Gasteiger partial charge in [-0.2, -0.15) is 0 Å². The number of nitrogens with zero attached hydrogens (tertiary/aromatic N) is 4. The fourth-order valence-electron chi connectivity index (χ4n) is 3.25. The van der Waals surface area contributed by atoms with Crippen LogP contribution in [-0.4, -0.2) is 56.2 Å². The van der Waals surface area contributed by atoms with Gasteiger partial charge >= 0.3 is 0 Å². The Bertz CT molecular complexity index is 832. The van der Waals surface area contributed by atoms with Crippen molar-refractivity contribution in [1.82, 2.24) is 24.8 Å². The van der Waals surface area contributed by atoms with E-state index in [2.05, 4.69) is 25.2 Å². The molecule has 4 heterocycles. The molecule has 0 bridgehead atoms. The second-order valence-corrected chi connectivity index (χ2v) is 6.30. The quantitative estimate of drug-likeness (QED) is 0.616. The molecule has 0 aliphatic carbocycles. The third kappa shape index (κ3) is 3.61. The van der Waals surface area contributed by atoms with Crippen molar-refractivity contribution in [2.24, 2.45) is 0 Å². The Morgan fingerprint density at radius 2 is 2.19 bits per heavy atom. The molecule has 26 heavy (non-hydrogen) atoms. The summed E-state index contributed by atoms with van der Waals surface area (Å²) >= 11 is 0. The molecule has 0 fully saturated rings. The van der Waals surface area contributed by atoms with E-state index in [4.69, 9.17) is 9.40 Å². The average molecular weight is 354 g/mol. The summed E-state index contributed by atoms with van der Waals surface area (Å²) in [4.78, 5) is 19.0. The van der Waals surface area contributed by atoms with Gasteiger partial charge in [-0.3, -0.25) is 4.90 Å². The van der Waals surface area contributed by atoms with Crippen molar-refractivity contribution in [3.05, 3.63) is 47.9 Å². The van der Waals surface area contributed by atoms with Crippen LogP contribution >= 0.6 is 0 Å². The summed E-state index contributed by atoms with van der Waals surface area (Å²) in [6, 6.07) is 3.69. The maximum atomic E-state index is 9.18. The monoisotopic (exact) mass is 354 g/mol. The number of hydrogen-bond donors (Lipinski definition) is 3. The molecule has 1 aliphatic heterocycles. The lowest BCUT2D eigenvalue weighted by atomic mass is 10.1. The normalized spacial score (nSPS) is 14.8. The molecule has 0 radical (unpaired) electrons. The molecule has 0 aromatic carbocycles. The molecule has 0 unspecified atom stereocenters. The summed E-state index contributed by atoms with van der Waals surface area (Å²) in [5, 5.41) is 12.4. The topological polar surface area (TPSA) is 103 Å². The van der Waals surface area contributed by atoms with Gasteiger partial charge in [0.2, 0.25) is 0 Å². The van der Waals surface area contributed by atoms with Crippen LogP contribution in [0.15, 0.2) is 35.3 Å². The van der Waals surface area contributed by atoms with Crippen molar-refractivity contribution in [2.75, 3.05) is 31.6 Å². The van der Waals surface area contributed by atoms with E-state index in [0.717, 1.165) is 55.2 Å². The maximum absolute atomic E-state index is 9.18. The van der Waals surface area contributed by atoms with Crippen LogP contribution < -0.4 is 5.32 Å². The predicted molar refractivity (Wildman–Crippen MR) is 96.6 cm³/mol. The molecule has 0 amide bonds. The van der Waals surface area contributed by atoms with Gasteiger partial charge in [0.25, 0.3) is 0 Å². The average Bonchev–Trinajstić information content (AvgIpc) is 3.33. The van der Waals surface area contributed by atoms with Crippen LogP contribution in [0.2, 0.25) is 0 Å². The molecular weight excluding hydrogens is 332 g/mol. The van der Waals surface area contributed by atoms with Crippen LogP contribution in [0.3, 0.4) is 0 Å². The number of rotatable bonds is 6. The predicted octanol–water partition coefficient (Wildman–Crippen LogP) is 1.46. The van der Waals surface area contributed by atoms with Crippen molar-refractivity contribution < 1.29 is 9.52 Å². The molecule has 3 aromatic heterocycles. The molecule has 3 N–H and O–H groups in total. The van der Waals surface area contributed by atoms with Crippen LogP contribution in [0.1, 0.15) is 17.0 Å². The van der Waals surface area contributed by atoms with Crippen LogP contribution in [0.4, 0.5) is 5.82 Å².